The van der Waals surface area contributed by atoms with E-state index < -0.39 is 0 Å². The molecule has 0 aliphatic heterocycles. The van der Waals surface area contributed by atoms with E-state index in [4.69, 9.17) is 15.3 Å². The Morgan fingerprint density at radius 2 is 2.16 bits per heavy atom. The van der Waals surface area contributed by atoms with Crippen molar-refractivity contribution in [3.63, 3.8) is 0 Å². The maximum Gasteiger partial charge on any atom is 0.140 e. The van der Waals surface area contributed by atoms with E-state index in [2.05, 4.69) is 26.3 Å². The molecule has 5 nitrogen and oxygen atoms in total. The van der Waals surface area contributed by atoms with Gasteiger partial charge in [0.15, 0.2) is 0 Å². The number of benzene rings is 1. The zero-order valence-electron chi connectivity index (χ0n) is 10.4. The first-order valence-corrected chi connectivity index (χ1v) is 6.41. The van der Waals surface area contributed by atoms with Crippen LogP contribution in [0.3, 0.4) is 0 Å². The van der Waals surface area contributed by atoms with Crippen LogP contribution in [0.25, 0.3) is 0 Å². The van der Waals surface area contributed by atoms with E-state index in [1.807, 2.05) is 30.3 Å². The van der Waals surface area contributed by atoms with Gasteiger partial charge in [0.1, 0.15) is 23.9 Å². The van der Waals surface area contributed by atoms with Crippen LogP contribution in [0.5, 0.6) is 11.5 Å². The van der Waals surface area contributed by atoms with Crippen LogP contribution in [-0.4, -0.2) is 12.1 Å². The van der Waals surface area contributed by atoms with Crippen LogP contribution in [0, 0.1) is 0 Å². The van der Waals surface area contributed by atoms with Gasteiger partial charge in [-0.3, -0.25) is 0 Å². The molecule has 19 heavy (non-hydrogen) atoms. The fourth-order valence-electron chi connectivity index (χ4n) is 1.52. The second-order valence-electron chi connectivity index (χ2n) is 3.74. The molecule has 0 atom stereocenters. The topological polar surface area (TPSA) is 69.4 Å². The predicted molar refractivity (Wildman–Crippen MR) is 77.1 cm³/mol. The van der Waals surface area contributed by atoms with Crippen molar-refractivity contribution in [2.24, 2.45) is 5.84 Å². The summed E-state index contributed by atoms with van der Waals surface area (Å²) in [6.07, 6.45) is 0. The summed E-state index contributed by atoms with van der Waals surface area (Å²) in [6.45, 7) is 0.362. The Bertz CT molecular complexity index is 563. The van der Waals surface area contributed by atoms with Crippen molar-refractivity contribution in [2.75, 3.05) is 12.5 Å². The summed E-state index contributed by atoms with van der Waals surface area (Å²) in [5.74, 6) is 7.41. The van der Waals surface area contributed by atoms with E-state index in [0.717, 1.165) is 21.7 Å². The van der Waals surface area contributed by atoms with Crippen LogP contribution >= 0.6 is 15.9 Å². The number of hydrazine groups is 1. The molecule has 2 aromatic rings. The summed E-state index contributed by atoms with van der Waals surface area (Å²) < 4.78 is 11.6. The molecule has 0 saturated carbocycles. The van der Waals surface area contributed by atoms with Crippen LogP contribution in [0.2, 0.25) is 0 Å². The number of halogens is 1. The van der Waals surface area contributed by atoms with Crippen molar-refractivity contribution in [1.29, 1.82) is 0 Å². The van der Waals surface area contributed by atoms with Crippen LogP contribution in [0.4, 0.5) is 5.82 Å². The number of aromatic nitrogens is 1. The second kappa shape index (κ2) is 6.40. The number of hydrogen-bond donors (Lipinski definition) is 2. The number of pyridine rings is 1. The first-order chi connectivity index (χ1) is 9.22. The number of nitrogen functional groups attached to an aromatic ring is 1. The van der Waals surface area contributed by atoms with Gasteiger partial charge in [-0.25, -0.2) is 10.8 Å². The van der Waals surface area contributed by atoms with Gasteiger partial charge in [-0.2, -0.15) is 0 Å². The Morgan fingerprint density at radius 3 is 2.84 bits per heavy atom. The molecule has 1 heterocycles. The summed E-state index contributed by atoms with van der Waals surface area (Å²) in [5.41, 5.74) is 3.29. The van der Waals surface area contributed by atoms with Gasteiger partial charge < -0.3 is 14.9 Å². The van der Waals surface area contributed by atoms with Gasteiger partial charge in [0, 0.05) is 0 Å². The molecule has 2 rings (SSSR count). The lowest BCUT2D eigenvalue weighted by atomic mass is 10.3. The molecule has 1 aromatic carbocycles. The molecule has 0 amide bonds. The number of rotatable bonds is 5. The van der Waals surface area contributed by atoms with E-state index in [-0.39, 0.29) is 0 Å². The van der Waals surface area contributed by atoms with E-state index in [0.29, 0.717) is 12.4 Å². The number of hydrogen-bond acceptors (Lipinski definition) is 5. The number of methoxy groups -OCH3 is 1. The molecule has 100 valence electrons. The van der Waals surface area contributed by atoms with E-state index >= 15 is 0 Å². The third-order valence-electron chi connectivity index (χ3n) is 2.47. The molecule has 0 fully saturated rings. The fourth-order valence-corrected chi connectivity index (χ4v) is 1.99. The Labute approximate surface area is 119 Å². The third kappa shape index (κ3) is 3.59. The first-order valence-electron chi connectivity index (χ1n) is 5.62. The van der Waals surface area contributed by atoms with Crippen molar-refractivity contribution in [3.05, 3.63) is 46.6 Å². The smallest absolute Gasteiger partial charge is 0.140 e. The van der Waals surface area contributed by atoms with Crippen molar-refractivity contribution >= 4 is 21.7 Å². The summed E-state index contributed by atoms with van der Waals surface area (Å²) in [7, 11) is 1.62. The van der Waals surface area contributed by atoms with Crippen LogP contribution in [0.1, 0.15) is 5.69 Å². The van der Waals surface area contributed by atoms with Gasteiger partial charge in [-0.05, 0) is 46.3 Å². The summed E-state index contributed by atoms with van der Waals surface area (Å²) in [6, 6.07) is 11.1. The molecule has 0 bridgehead atoms. The number of nitrogens with two attached hydrogens (primary N) is 1. The lowest BCUT2D eigenvalue weighted by Crippen LogP contribution is -2.09. The zero-order valence-corrected chi connectivity index (χ0v) is 12.0. The summed E-state index contributed by atoms with van der Waals surface area (Å²) >= 11 is 3.43. The predicted octanol–water partition coefficient (Wildman–Crippen LogP) is 2.72. The maximum absolute atomic E-state index is 5.69. The van der Waals surface area contributed by atoms with Crippen LogP contribution < -0.4 is 20.7 Å². The lowest BCUT2D eigenvalue weighted by Gasteiger charge is -2.09. The quantitative estimate of drug-likeness (QED) is 0.654. The lowest BCUT2D eigenvalue weighted by molar-refractivity contribution is 0.299. The van der Waals surface area contributed by atoms with Gasteiger partial charge in [-0.15, -0.1) is 0 Å². The number of nitrogens with one attached hydrogen (secondary N) is 1. The average molecular weight is 324 g/mol. The molecule has 1 aromatic heterocycles. The Hall–Kier alpha value is -1.79. The summed E-state index contributed by atoms with van der Waals surface area (Å²) in [4.78, 5) is 4.27. The third-order valence-corrected chi connectivity index (χ3v) is 3.09. The molecule has 6 heteroatoms. The highest BCUT2D eigenvalue weighted by Crippen LogP contribution is 2.29. The largest absolute Gasteiger partial charge is 0.497 e. The van der Waals surface area contributed by atoms with E-state index in [1.165, 1.54) is 0 Å². The highest BCUT2D eigenvalue weighted by atomic mass is 79.9. The van der Waals surface area contributed by atoms with Gasteiger partial charge in [0.25, 0.3) is 0 Å². The van der Waals surface area contributed by atoms with Crippen LogP contribution in [-0.2, 0) is 6.61 Å². The first kappa shape index (κ1) is 13.6. The fraction of sp³-hybridized carbons (Fsp3) is 0.154. The standard InChI is InChI=1S/C13H14BrN3O2/c1-18-10-5-6-12(11(14)7-10)19-8-9-3-2-4-13(16-9)17-15/h2-7H,8,15H2,1H3,(H,16,17). The average Bonchev–Trinajstić information content (AvgIpc) is 2.46. The van der Waals surface area contributed by atoms with Crippen molar-refractivity contribution in [3.8, 4) is 11.5 Å². The number of anilines is 1. The van der Waals surface area contributed by atoms with Crippen molar-refractivity contribution in [1.82, 2.24) is 4.98 Å². The van der Waals surface area contributed by atoms with Gasteiger partial charge in [-0.1, -0.05) is 6.07 Å². The van der Waals surface area contributed by atoms with E-state index in [1.54, 1.807) is 13.2 Å². The highest BCUT2D eigenvalue weighted by molar-refractivity contribution is 9.10. The molecule has 0 saturated heterocycles. The SMILES string of the molecule is COc1ccc(OCc2cccc(NN)n2)c(Br)c1. The molecule has 0 aliphatic rings. The minimum Gasteiger partial charge on any atom is -0.497 e. The van der Waals surface area contributed by atoms with Gasteiger partial charge in [0.2, 0.25) is 0 Å². The summed E-state index contributed by atoms with van der Waals surface area (Å²) in [5, 5.41) is 0. The highest BCUT2D eigenvalue weighted by Gasteiger charge is 2.04. The zero-order chi connectivity index (χ0) is 13.7. The molecule has 3 N–H and O–H groups in total. The molecule has 0 unspecified atom stereocenters. The normalized spacial score (nSPS) is 10.1. The molecular weight excluding hydrogens is 310 g/mol. The minimum absolute atomic E-state index is 0.362. The maximum atomic E-state index is 5.69. The number of nitrogens with zero attached hydrogens (tertiary/aromatic N) is 1. The second-order valence-corrected chi connectivity index (χ2v) is 4.60. The Balaban J connectivity index is 2.05. The van der Waals surface area contributed by atoms with E-state index in [9.17, 15) is 0 Å². The molecular formula is C13H14BrN3O2. The van der Waals surface area contributed by atoms with Gasteiger partial charge >= 0.3 is 0 Å². The van der Waals surface area contributed by atoms with Crippen LogP contribution in [0.15, 0.2) is 40.9 Å². The molecule has 0 aliphatic carbocycles. The molecule has 0 spiro atoms. The monoisotopic (exact) mass is 323 g/mol. The van der Waals surface area contributed by atoms with Gasteiger partial charge in [0.05, 0.1) is 17.3 Å². The Kier molecular flexibility index (Phi) is 4.59. The number of ether oxygens (including phenoxy) is 2. The molecule has 0 radical (unpaired) electrons. The Morgan fingerprint density at radius 1 is 1.32 bits per heavy atom. The minimum atomic E-state index is 0.362. The van der Waals surface area contributed by atoms with Crippen molar-refractivity contribution in [2.45, 2.75) is 6.61 Å². The van der Waals surface area contributed by atoms with Crippen molar-refractivity contribution < 1.29 is 9.47 Å².